The number of carbonyl (C=O) groups excluding carboxylic acids is 1. The van der Waals surface area contributed by atoms with Crippen LogP contribution in [0.5, 0.6) is 0 Å². The van der Waals surface area contributed by atoms with Crippen LogP contribution in [0.4, 0.5) is 0 Å². The zero-order chi connectivity index (χ0) is 16.6. The van der Waals surface area contributed by atoms with Gasteiger partial charge in [-0.05, 0) is 28.9 Å². The summed E-state index contributed by atoms with van der Waals surface area (Å²) in [6, 6.07) is 6.89. The normalized spacial score (nSPS) is 18.3. The molecule has 0 spiro atoms. The number of carbonyl (C=O) groups is 2. The zero-order valence-corrected chi connectivity index (χ0v) is 14.2. The zero-order valence-electron chi connectivity index (χ0n) is 12.7. The number of carboxylic acid groups (broad SMARTS) is 1. The fourth-order valence-corrected chi connectivity index (χ4v) is 3.47. The van der Waals surface area contributed by atoms with Gasteiger partial charge < -0.3 is 19.3 Å². The third-order valence-electron chi connectivity index (χ3n) is 4.18. The number of hydrogen-bond donors (Lipinski definition) is 1. The minimum absolute atomic E-state index is 0.0379. The summed E-state index contributed by atoms with van der Waals surface area (Å²) < 4.78 is 8.05. The van der Waals surface area contributed by atoms with E-state index in [1.165, 1.54) is 4.90 Å². The Morgan fingerprint density at radius 2 is 2.13 bits per heavy atom. The highest BCUT2D eigenvalue weighted by atomic mass is 79.9. The van der Waals surface area contributed by atoms with E-state index >= 15 is 0 Å². The number of rotatable bonds is 3. The van der Waals surface area contributed by atoms with Crippen molar-refractivity contribution in [3.63, 3.8) is 0 Å². The molecule has 1 fully saturated rings. The maximum Gasteiger partial charge on any atom is 0.328 e. The smallest absolute Gasteiger partial charge is 0.328 e. The Hall–Kier alpha value is -1.86. The Morgan fingerprint density at radius 1 is 1.39 bits per heavy atom. The van der Waals surface area contributed by atoms with Crippen molar-refractivity contribution in [2.24, 2.45) is 0 Å². The van der Waals surface area contributed by atoms with Crippen LogP contribution in [0.3, 0.4) is 0 Å². The molecular formula is C16H17BrN2O4. The second kappa shape index (κ2) is 6.33. The molecule has 2 heterocycles. The summed E-state index contributed by atoms with van der Waals surface area (Å²) in [5, 5.41) is 10.3. The summed E-state index contributed by atoms with van der Waals surface area (Å²) in [6.45, 7) is 2.75. The molecule has 1 aromatic carbocycles. The molecule has 1 atom stereocenters. The van der Waals surface area contributed by atoms with Gasteiger partial charge in [-0.3, -0.25) is 4.79 Å². The predicted octanol–water partition coefficient (Wildman–Crippen LogP) is 2.02. The Morgan fingerprint density at radius 3 is 2.87 bits per heavy atom. The first-order valence-electron chi connectivity index (χ1n) is 7.34. The minimum Gasteiger partial charge on any atom is -0.480 e. The van der Waals surface area contributed by atoms with Crippen LogP contribution >= 0.6 is 15.9 Å². The van der Waals surface area contributed by atoms with Crippen molar-refractivity contribution in [1.29, 1.82) is 0 Å². The molecule has 0 aliphatic carbocycles. The fourth-order valence-electron chi connectivity index (χ4n) is 2.93. The molecule has 1 aromatic heterocycles. The van der Waals surface area contributed by atoms with E-state index in [-0.39, 0.29) is 19.1 Å². The highest BCUT2D eigenvalue weighted by molar-refractivity contribution is 9.10. The molecule has 122 valence electrons. The van der Waals surface area contributed by atoms with Gasteiger partial charge in [-0.2, -0.15) is 0 Å². The number of morpholine rings is 1. The van der Waals surface area contributed by atoms with E-state index in [1.807, 2.05) is 35.8 Å². The summed E-state index contributed by atoms with van der Waals surface area (Å²) >= 11 is 3.56. The summed E-state index contributed by atoms with van der Waals surface area (Å²) in [7, 11) is 0. The average Bonchev–Trinajstić information content (AvgIpc) is 2.80. The standard InChI is InChI=1S/C16H17BrN2O4/c1-10-15(17)11-4-2-3-5-12(11)19(10)8-14(20)18-6-7-23-9-13(18)16(21)22/h2-5,13H,6-9H2,1H3,(H,21,22). The molecule has 1 saturated heterocycles. The predicted molar refractivity (Wildman–Crippen MR) is 88.3 cm³/mol. The number of fused-ring (bicyclic) bond motifs is 1. The highest BCUT2D eigenvalue weighted by Crippen LogP contribution is 2.30. The van der Waals surface area contributed by atoms with Gasteiger partial charge in [0.15, 0.2) is 6.04 Å². The van der Waals surface area contributed by atoms with E-state index in [0.29, 0.717) is 13.2 Å². The molecule has 1 aliphatic rings. The topological polar surface area (TPSA) is 71.8 Å². The van der Waals surface area contributed by atoms with Crippen LogP contribution in [0.2, 0.25) is 0 Å². The lowest BCUT2D eigenvalue weighted by atomic mass is 10.2. The van der Waals surface area contributed by atoms with E-state index < -0.39 is 12.0 Å². The third kappa shape index (κ3) is 2.86. The van der Waals surface area contributed by atoms with Gasteiger partial charge in [-0.25, -0.2) is 4.79 Å². The van der Waals surface area contributed by atoms with Gasteiger partial charge in [-0.1, -0.05) is 18.2 Å². The average molecular weight is 381 g/mol. The summed E-state index contributed by atoms with van der Waals surface area (Å²) in [5.74, 6) is -1.25. The van der Waals surface area contributed by atoms with E-state index in [1.54, 1.807) is 0 Å². The van der Waals surface area contributed by atoms with E-state index in [4.69, 9.17) is 4.74 Å². The van der Waals surface area contributed by atoms with Gasteiger partial charge in [0.2, 0.25) is 5.91 Å². The molecule has 1 unspecified atom stereocenters. The first-order valence-corrected chi connectivity index (χ1v) is 8.13. The third-order valence-corrected chi connectivity index (χ3v) is 5.18. The summed E-state index contributed by atoms with van der Waals surface area (Å²) in [6.07, 6.45) is 0. The molecule has 1 aliphatic heterocycles. The van der Waals surface area contributed by atoms with Gasteiger partial charge in [0, 0.05) is 27.6 Å². The van der Waals surface area contributed by atoms with Crippen LogP contribution in [-0.4, -0.2) is 52.3 Å². The molecule has 2 aromatic rings. The Balaban J connectivity index is 1.91. The molecular weight excluding hydrogens is 364 g/mol. The summed E-state index contributed by atoms with van der Waals surface area (Å²) in [5.41, 5.74) is 1.89. The Kier molecular flexibility index (Phi) is 4.41. The highest BCUT2D eigenvalue weighted by Gasteiger charge is 2.33. The number of ether oxygens (including phenoxy) is 1. The van der Waals surface area contributed by atoms with Crippen molar-refractivity contribution in [3.05, 3.63) is 34.4 Å². The van der Waals surface area contributed by atoms with Gasteiger partial charge in [0.25, 0.3) is 0 Å². The SMILES string of the molecule is Cc1c(Br)c2ccccc2n1CC(=O)N1CCOCC1C(=O)O. The van der Waals surface area contributed by atoms with Crippen molar-refractivity contribution in [2.75, 3.05) is 19.8 Å². The first-order chi connectivity index (χ1) is 11.0. The van der Waals surface area contributed by atoms with Crippen molar-refractivity contribution >= 4 is 38.7 Å². The molecule has 1 N–H and O–H groups in total. The number of nitrogens with zero attached hydrogens (tertiary/aromatic N) is 2. The molecule has 23 heavy (non-hydrogen) atoms. The molecule has 1 amide bonds. The molecule has 6 nitrogen and oxygen atoms in total. The van der Waals surface area contributed by atoms with E-state index in [2.05, 4.69) is 15.9 Å². The van der Waals surface area contributed by atoms with Gasteiger partial charge in [0.05, 0.1) is 13.2 Å². The number of halogens is 1. The van der Waals surface area contributed by atoms with Crippen LogP contribution in [0.1, 0.15) is 5.69 Å². The van der Waals surface area contributed by atoms with E-state index in [9.17, 15) is 14.7 Å². The lowest BCUT2D eigenvalue weighted by Gasteiger charge is -2.33. The Bertz CT molecular complexity index is 771. The number of aliphatic carboxylic acids is 1. The van der Waals surface area contributed by atoms with Crippen LogP contribution in [0, 0.1) is 6.92 Å². The number of amides is 1. The molecule has 0 bridgehead atoms. The van der Waals surface area contributed by atoms with Gasteiger partial charge in [0.1, 0.15) is 6.54 Å². The molecule has 7 heteroatoms. The second-order valence-corrected chi connectivity index (χ2v) is 6.31. The maximum absolute atomic E-state index is 12.7. The second-order valence-electron chi connectivity index (χ2n) is 5.52. The Labute approximate surface area is 141 Å². The van der Waals surface area contributed by atoms with Crippen molar-refractivity contribution < 1.29 is 19.4 Å². The largest absolute Gasteiger partial charge is 0.480 e. The van der Waals surface area contributed by atoms with Crippen molar-refractivity contribution in [2.45, 2.75) is 19.5 Å². The number of carboxylic acids is 1. The van der Waals surface area contributed by atoms with Crippen LogP contribution in [0.15, 0.2) is 28.7 Å². The lowest BCUT2D eigenvalue weighted by molar-refractivity contribution is -0.158. The number of hydrogen-bond acceptors (Lipinski definition) is 3. The van der Waals surface area contributed by atoms with Crippen molar-refractivity contribution in [3.8, 4) is 0 Å². The van der Waals surface area contributed by atoms with Crippen LogP contribution in [0.25, 0.3) is 10.9 Å². The van der Waals surface area contributed by atoms with Crippen molar-refractivity contribution in [1.82, 2.24) is 9.47 Å². The monoisotopic (exact) mass is 380 g/mol. The number of para-hydroxylation sites is 1. The number of aromatic nitrogens is 1. The van der Waals surface area contributed by atoms with Crippen LogP contribution < -0.4 is 0 Å². The van der Waals surface area contributed by atoms with Gasteiger partial charge >= 0.3 is 5.97 Å². The number of benzene rings is 1. The first kappa shape index (κ1) is 16.0. The quantitative estimate of drug-likeness (QED) is 0.883. The molecule has 3 rings (SSSR count). The van der Waals surface area contributed by atoms with Crippen LogP contribution in [-0.2, 0) is 20.9 Å². The lowest BCUT2D eigenvalue weighted by Crippen LogP contribution is -2.53. The summed E-state index contributed by atoms with van der Waals surface area (Å²) in [4.78, 5) is 25.4. The van der Waals surface area contributed by atoms with E-state index in [0.717, 1.165) is 21.1 Å². The maximum atomic E-state index is 12.7. The van der Waals surface area contributed by atoms with Gasteiger partial charge in [-0.15, -0.1) is 0 Å². The molecule has 0 saturated carbocycles. The fraction of sp³-hybridized carbons (Fsp3) is 0.375. The molecule has 0 radical (unpaired) electrons. The minimum atomic E-state index is -1.03.